The van der Waals surface area contributed by atoms with Crippen molar-refractivity contribution in [2.45, 2.75) is 11.6 Å². The summed E-state index contributed by atoms with van der Waals surface area (Å²) in [6.07, 6.45) is 6.91. The fourth-order valence-corrected chi connectivity index (χ4v) is 3.13. The molecule has 1 aliphatic carbocycles. The van der Waals surface area contributed by atoms with E-state index < -0.39 is 17.7 Å². The molecule has 0 aliphatic heterocycles. The molecule has 3 aromatic rings. The van der Waals surface area contributed by atoms with Crippen LogP contribution >= 0.6 is 0 Å². The predicted molar refractivity (Wildman–Crippen MR) is 92.4 cm³/mol. The van der Waals surface area contributed by atoms with Crippen LogP contribution in [-0.2, 0) is 10.3 Å². The summed E-state index contributed by atoms with van der Waals surface area (Å²) in [5.41, 5.74) is 6.04. The number of carbonyl (C=O) groups excluding carboxylic acids is 2. The standard InChI is InChI=1S/C18H15N5O3/c19-17(25)21-18(10-24)8-7-15(13-3-1-2-4-14(13)18)26-12-5-6-16-22-20-11-23(16)9-12/h1-11,15H,(H3,19,21,25). The average Bonchev–Trinajstić information content (AvgIpc) is 3.11. The van der Waals surface area contributed by atoms with Gasteiger partial charge in [0.1, 0.15) is 23.7 Å². The molecule has 0 bridgehead atoms. The summed E-state index contributed by atoms with van der Waals surface area (Å²) in [7, 11) is 0. The Morgan fingerprint density at radius 2 is 2.15 bits per heavy atom. The van der Waals surface area contributed by atoms with E-state index in [0.29, 0.717) is 23.2 Å². The average molecular weight is 349 g/mol. The number of pyridine rings is 1. The first-order valence-electron chi connectivity index (χ1n) is 7.90. The zero-order chi connectivity index (χ0) is 18.1. The third-order valence-corrected chi connectivity index (χ3v) is 4.29. The van der Waals surface area contributed by atoms with E-state index in [-0.39, 0.29) is 0 Å². The van der Waals surface area contributed by atoms with Gasteiger partial charge in [-0.3, -0.25) is 9.20 Å². The molecule has 2 amide bonds. The number of hydrogen-bond acceptors (Lipinski definition) is 5. The first-order valence-corrected chi connectivity index (χ1v) is 7.90. The first-order chi connectivity index (χ1) is 12.6. The quantitative estimate of drug-likeness (QED) is 0.547. The van der Waals surface area contributed by atoms with Gasteiger partial charge in [0.2, 0.25) is 0 Å². The number of rotatable bonds is 4. The van der Waals surface area contributed by atoms with E-state index in [1.54, 1.807) is 53.3 Å². The molecule has 2 unspecified atom stereocenters. The van der Waals surface area contributed by atoms with Crippen molar-refractivity contribution in [1.29, 1.82) is 0 Å². The number of aromatic nitrogens is 3. The molecule has 8 nitrogen and oxygen atoms in total. The van der Waals surface area contributed by atoms with Gasteiger partial charge in [-0.1, -0.05) is 24.3 Å². The fourth-order valence-electron chi connectivity index (χ4n) is 3.13. The zero-order valence-corrected chi connectivity index (χ0v) is 13.6. The van der Waals surface area contributed by atoms with Crippen molar-refractivity contribution in [3.8, 4) is 5.75 Å². The van der Waals surface area contributed by atoms with E-state index in [9.17, 15) is 9.59 Å². The lowest BCUT2D eigenvalue weighted by Gasteiger charge is -2.33. The molecule has 1 aliphatic rings. The van der Waals surface area contributed by atoms with Crippen LogP contribution in [0.15, 0.2) is 61.1 Å². The highest BCUT2D eigenvalue weighted by atomic mass is 16.5. The summed E-state index contributed by atoms with van der Waals surface area (Å²) < 4.78 is 7.83. The van der Waals surface area contributed by atoms with Crippen LogP contribution in [0.1, 0.15) is 17.2 Å². The Balaban J connectivity index is 1.72. The molecule has 26 heavy (non-hydrogen) atoms. The smallest absolute Gasteiger partial charge is 0.313 e. The molecule has 2 aromatic heterocycles. The van der Waals surface area contributed by atoms with Crippen molar-refractivity contribution in [3.05, 3.63) is 72.2 Å². The maximum absolute atomic E-state index is 11.8. The summed E-state index contributed by atoms with van der Waals surface area (Å²) >= 11 is 0. The summed E-state index contributed by atoms with van der Waals surface area (Å²) in [4.78, 5) is 23.2. The van der Waals surface area contributed by atoms with Crippen LogP contribution in [0.4, 0.5) is 4.79 Å². The van der Waals surface area contributed by atoms with Gasteiger partial charge in [-0.2, -0.15) is 0 Å². The number of aldehydes is 1. The van der Waals surface area contributed by atoms with E-state index in [1.807, 2.05) is 12.1 Å². The van der Waals surface area contributed by atoms with Gasteiger partial charge in [0.05, 0.1) is 6.20 Å². The summed E-state index contributed by atoms with van der Waals surface area (Å²) in [6.45, 7) is 0. The molecule has 1 aromatic carbocycles. The Kier molecular flexibility index (Phi) is 3.65. The number of hydrogen-bond donors (Lipinski definition) is 2. The number of ether oxygens (including phenoxy) is 1. The number of nitrogens with one attached hydrogen (secondary N) is 1. The van der Waals surface area contributed by atoms with Gasteiger partial charge in [0.15, 0.2) is 11.9 Å². The molecule has 8 heteroatoms. The van der Waals surface area contributed by atoms with Crippen LogP contribution in [-0.4, -0.2) is 26.9 Å². The SMILES string of the molecule is NC(=O)NC1(C=O)C=CC(Oc2ccc3nncn3c2)c2ccccc21. The molecule has 0 spiro atoms. The molecule has 4 rings (SSSR count). The van der Waals surface area contributed by atoms with Gasteiger partial charge in [0, 0.05) is 5.56 Å². The number of nitrogens with zero attached hydrogens (tertiary/aromatic N) is 3. The molecule has 0 radical (unpaired) electrons. The Morgan fingerprint density at radius 3 is 2.96 bits per heavy atom. The van der Waals surface area contributed by atoms with Gasteiger partial charge in [-0.15, -0.1) is 10.2 Å². The molecule has 0 saturated carbocycles. The Bertz CT molecular complexity index is 1030. The number of carbonyl (C=O) groups is 2. The number of benzene rings is 1. The monoisotopic (exact) mass is 349 g/mol. The molecular formula is C18H15N5O3. The number of fused-ring (bicyclic) bond motifs is 2. The summed E-state index contributed by atoms with van der Waals surface area (Å²) in [5, 5.41) is 10.3. The topological polar surface area (TPSA) is 112 Å². The normalized spacial score (nSPS) is 21.2. The van der Waals surface area contributed by atoms with E-state index in [4.69, 9.17) is 10.5 Å². The molecule has 0 saturated heterocycles. The molecule has 130 valence electrons. The van der Waals surface area contributed by atoms with Gasteiger partial charge in [0.25, 0.3) is 0 Å². The number of urea groups is 1. The lowest BCUT2D eigenvalue weighted by atomic mass is 9.81. The van der Waals surface area contributed by atoms with Gasteiger partial charge < -0.3 is 15.8 Å². The molecule has 2 atom stereocenters. The van der Waals surface area contributed by atoms with E-state index >= 15 is 0 Å². The van der Waals surface area contributed by atoms with Crippen molar-refractivity contribution in [2.24, 2.45) is 5.73 Å². The minimum atomic E-state index is -1.31. The van der Waals surface area contributed by atoms with Gasteiger partial charge >= 0.3 is 6.03 Å². The first kappa shape index (κ1) is 15.8. The van der Waals surface area contributed by atoms with Crippen LogP contribution in [0.3, 0.4) is 0 Å². The van der Waals surface area contributed by atoms with E-state index in [0.717, 1.165) is 5.56 Å². The largest absolute Gasteiger partial charge is 0.480 e. The van der Waals surface area contributed by atoms with Gasteiger partial charge in [-0.05, 0) is 29.8 Å². The lowest BCUT2D eigenvalue weighted by molar-refractivity contribution is -0.111. The van der Waals surface area contributed by atoms with Crippen LogP contribution in [0.2, 0.25) is 0 Å². The molecule has 3 N–H and O–H groups in total. The number of amides is 2. The van der Waals surface area contributed by atoms with Crippen LogP contribution in [0, 0.1) is 0 Å². The number of primary amides is 1. The van der Waals surface area contributed by atoms with Crippen molar-refractivity contribution < 1.29 is 14.3 Å². The van der Waals surface area contributed by atoms with Gasteiger partial charge in [-0.25, -0.2) is 4.79 Å². The summed E-state index contributed by atoms with van der Waals surface area (Å²) in [6, 6.07) is 10.1. The highest BCUT2D eigenvalue weighted by Gasteiger charge is 2.37. The van der Waals surface area contributed by atoms with E-state index in [1.165, 1.54) is 0 Å². The van der Waals surface area contributed by atoms with Crippen molar-refractivity contribution in [1.82, 2.24) is 19.9 Å². The maximum atomic E-state index is 11.8. The second kappa shape index (κ2) is 5.99. The second-order valence-electron chi connectivity index (χ2n) is 5.92. The Labute approximate surface area is 148 Å². The minimum Gasteiger partial charge on any atom is -0.480 e. The third kappa shape index (κ3) is 2.57. The fraction of sp³-hybridized carbons (Fsp3) is 0.111. The Morgan fingerprint density at radius 1 is 1.31 bits per heavy atom. The molecule has 2 heterocycles. The highest BCUT2D eigenvalue weighted by molar-refractivity contribution is 5.83. The van der Waals surface area contributed by atoms with Crippen molar-refractivity contribution >= 4 is 18.0 Å². The van der Waals surface area contributed by atoms with Crippen LogP contribution in [0.25, 0.3) is 5.65 Å². The van der Waals surface area contributed by atoms with E-state index in [2.05, 4.69) is 15.5 Å². The van der Waals surface area contributed by atoms with Crippen molar-refractivity contribution in [3.63, 3.8) is 0 Å². The van der Waals surface area contributed by atoms with Crippen LogP contribution in [0.5, 0.6) is 5.75 Å². The zero-order valence-electron chi connectivity index (χ0n) is 13.6. The summed E-state index contributed by atoms with van der Waals surface area (Å²) in [5.74, 6) is 0.614. The second-order valence-corrected chi connectivity index (χ2v) is 5.92. The third-order valence-electron chi connectivity index (χ3n) is 4.29. The predicted octanol–water partition coefficient (Wildman–Crippen LogP) is 1.48. The maximum Gasteiger partial charge on any atom is 0.313 e. The number of nitrogens with two attached hydrogens (primary N) is 1. The van der Waals surface area contributed by atoms with Crippen molar-refractivity contribution in [2.75, 3.05) is 0 Å². The van der Waals surface area contributed by atoms with Crippen LogP contribution < -0.4 is 15.8 Å². The molecule has 0 fully saturated rings. The lowest BCUT2D eigenvalue weighted by Crippen LogP contribution is -2.50. The Hall–Kier alpha value is -3.68. The highest BCUT2D eigenvalue weighted by Crippen LogP contribution is 2.36. The minimum absolute atomic E-state index is 0.428. The molecular weight excluding hydrogens is 334 g/mol.